The minimum absolute atomic E-state index is 0.111. The van der Waals surface area contributed by atoms with Crippen LogP contribution in [0.4, 0.5) is 8.78 Å². The van der Waals surface area contributed by atoms with E-state index in [0.29, 0.717) is 17.5 Å². The third-order valence-electron chi connectivity index (χ3n) is 3.33. The Labute approximate surface area is 148 Å². The van der Waals surface area contributed by atoms with Crippen molar-refractivity contribution in [2.45, 2.75) is 19.4 Å². The molecule has 0 fully saturated rings. The molecule has 2 aromatic rings. The predicted molar refractivity (Wildman–Crippen MR) is 89.2 cm³/mol. The van der Waals surface area contributed by atoms with E-state index in [0.717, 1.165) is 17.7 Å². The van der Waals surface area contributed by atoms with Gasteiger partial charge in [-0.15, -0.1) is 0 Å². The summed E-state index contributed by atoms with van der Waals surface area (Å²) in [6.45, 7) is 0.314. The smallest absolute Gasteiger partial charge is 0.306 e. The van der Waals surface area contributed by atoms with E-state index in [1.54, 1.807) is 24.3 Å². The van der Waals surface area contributed by atoms with E-state index in [9.17, 15) is 18.4 Å². The van der Waals surface area contributed by atoms with Crippen molar-refractivity contribution in [1.29, 1.82) is 0 Å². The van der Waals surface area contributed by atoms with Gasteiger partial charge in [0.25, 0.3) is 5.91 Å². The van der Waals surface area contributed by atoms with Crippen LogP contribution in [0.15, 0.2) is 42.5 Å². The maximum atomic E-state index is 13.4. The summed E-state index contributed by atoms with van der Waals surface area (Å²) in [5.41, 5.74) is 0.574. The van der Waals surface area contributed by atoms with Crippen molar-refractivity contribution < 1.29 is 23.1 Å². The molecule has 1 N–H and O–H groups in total. The first kappa shape index (κ1) is 18.9. The van der Waals surface area contributed by atoms with Gasteiger partial charge in [-0.25, -0.2) is 8.78 Å². The summed E-state index contributed by atoms with van der Waals surface area (Å²) in [5, 5.41) is 3.07. The Balaban J connectivity index is 1.67. The van der Waals surface area contributed by atoms with E-state index in [4.69, 9.17) is 16.3 Å². The Bertz CT molecular complexity index is 750. The molecule has 1 amide bonds. The van der Waals surface area contributed by atoms with Gasteiger partial charge in [0, 0.05) is 24.1 Å². The highest BCUT2D eigenvalue weighted by Crippen LogP contribution is 2.11. The fraction of sp³-hybridized carbons (Fsp3) is 0.222. The van der Waals surface area contributed by atoms with E-state index in [1.807, 2.05) is 0 Å². The molecule has 0 aliphatic rings. The van der Waals surface area contributed by atoms with Gasteiger partial charge < -0.3 is 10.1 Å². The number of esters is 1. The minimum atomic E-state index is -0.931. The second-order valence-corrected chi connectivity index (χ2v) is 5.71. The van der Waals surface area contributed by atoms with Gasteiger partial charge in [-0.3, -0.25) is 9.59 Å². The molecule has 0 saturated carbocycles. The van der Waals surface area contributed by atoms with Gasteiger partial charge in [0.1, 0.15) is 18.2 Å². The van der Waals surface area contributed by atoms with E-state index in [2.05, 4.69) is 5.32 Å². The topological polar surface area (TPSA) is 55.4 Å². The summed E-state index contributed by atoms with van der Waals surface area (Å²) in [7, 11) is 0. The van der Waals surface area contributed by atoms with Gasteiger partial charge in [0.05, 0.1) is 5.56 Å². The first-order valence-corrected chi connectivity index (χ1v) is 7.97. The number of ether oxygens (including phenoxy) is 1. The van der Waals surface area contributed by atoms with Gasteiger partial charge in [-0.2, -0.15) is 0 Å². The number of amides is 1. The summed E-state index contributed by atoms with van der Waals surface area (Å²) in [4.78, 5) is 23.4. The van der Waals surface area contributed by atoms with E-state index >= 15 is 0 Å². The lowest BCUT2D eigenvalue weighted by Gasteiger charge is -2.07. The van der Waals surface area contributed by atoms with Crippen LogP contribution in [0.3, 0.4) is 0 Å². The summed E-state index contributed by atoms with van der Waals surface area (Å²) < 4.78 is 31.3. The average Bonchev–Trinajstić information content (AvgIpc) is 2.58. The molecule has 0 aliphatic heterocycles. The largest absolute Gasteiger partial charge is 0.461 e. The predicted octanol–water partition coefficient (Wildman–Crippen LogP) is 3.87. The number of carbonyl (C=O) groups excluding carboxylic acids is 2. The second kappa shape index (κ2) is 9.13. The molecule has 7 heteroatoms. The van der Waals surface area contributed by atoms with Crippen LogP contribution < -0.4 is 5.32 Å². The van der Waals surface area contributed by atoms with Crippen molar-refractivity contribution in [3.8, 4) is 0 Å². The quantitative estimate of drug-likeness (QED) is 0.597. The number of carbonyl (C=O) groups is 2. The Morgan fingerprint density at radius 1 is 1.08 bits per heavy atom. The molecule has 25 heavy (non-hydrogen) atoms. The van der Waals surface area contributed by atoms with Crippen LogP contribution in [0.1, 0.15) is 28.8 Å². The van der Waals surface area contributed by atoms with Crippen LogP contribution in [0.5, 0.6) is 0 Å². The van der Waals surface area contributed by atoms with Crippen LogP contribution in [0.2, 0.25) is 5.02 Å². The number of halogens is 3. The van der Waals surface area contributed by atoms with Crippen LogP contribution >= 0.6 is 11.6 Å². The molecule has 4 nitrogen and oxygen atoms in total. The highest BCUT2D eigenvalue weighted by molar-refractivity contribution is 6.30. The van der Waals surface area contributed by atoms with E-state index in [-0.39, 0.29) is 25.1 Å². The molecule has 0 atom stereocenters. The van der Waals surface area contributed by atoms with Crippen molar-refractivity contribution in [2.24, 2.45) is 0 Å². The lowest BCUT2D eigenvalue weighted by Crippen LogP contribution is -2.26. The zero-order valence-electron chi connectivity index (χ0n) is 13.2. The zero-order valence-corrected chi connectivity index (χ0v) is 14.0. The third-order valence-corrected chi connectivity index (χ3v) is 3.58. The van der Waals surface area contributed by atoms with Gasteiger partial charge in [-0.1, -0.05) is 23.7 Å². The lowest BCUT2D eigenvalue weighted by atomic mass is 10.2. The number of benzene rings is 2. The summed E-state index contributed by atoms with van der Waals surface area (Å²) in [6.07, 6.45) is 0.452. The van der Waals surface area contributed by atoms with Gasteiger partial charge in [0.2, 0.25) is 0 Å². The zero-order chi connectivity index (χ0) is 18.2. The standard InChI is InChI=1S/C18H16ClF2NO3/c19-13-5-3-12(4-6-13)11-25-17(23)2-1-9-22-18(24)15-8-7-14(20)10-16(15)21/h3-8,10H,1-2,9,11H2,(H,22,24). The maximum Gasteiger partial charge on any atom is 0.306 e. The monoisotopic (exact) mass is 367 g/mol. The lowest BCUT2D eigenvalue weighted by molar-refractivity contribution is -0.145. The first-order valence-electron chi connectivity index (χ1n) is 7.59. The van der Waals surface area contributed by atoms with Gasteiger partial charge in [-0.05, 0) is 36.2 Å². The van der Waals surface area contributed by atoms with Crippen molar-refractivity contribution in [1.82, 2.24) is 5.32 Å². The Kier molecular flexibility index (Phi) is 6.89. The minimum Gasteiger partial charge on any atom is -0.461 e. The molecule has 0 heterocycles. The van der Waals surface area contributed by atoms with Crippen LogP contribution in [0, 0.1) is 11.6 Å². The van der Waals surface area contributed by atoms with E-state index < -0.39 is 23.5 Å². The Morgan fingerprint density at radius 2 is 1.80 bits per heavy atom. The molecule has 0 bridgehead atoms. The van der Waals surface area contributed by atoms with Crippen molar-refractivity contribution >= 4 is 23.5 Å². The maximum absolute atomic E-state index is 13.4. The Morgan fingerprint density at radius 3 is 2.48 bits per heavy atom. The average molecular weight is 368 g/mol. The van der Waals surface area contributed by atoms with Crippen molar-refractivity contribution in [3.05, 3.63) is 70.2 Å². The molecule has 0 radical (unpaired) electrons. The van der Waals surface area contributed by atoms with Crippen LogP contribution in [-0.4, -0.2) is 18.4 Å². The van der Waals surface area contributed by atoms with Gasteiger partial charge in [0.15, 0.2) is 0 Å². The van der Waals surface area contributed by atoms with Crippen molar-refractivity contribution in [3.63, 3.8) is 0 Å². The first-order chi connectivity index (χ1) is 12.0. The molecule has 2 rings (SSSR count). The number of hydrogen-bond acceptors (Lipinski definition) is 3. The molecule has 0 saturated heterocycles. The van der Waals surface area contributed by atoms with Crippen molar-refractivity contribution in [2.75, 3.05) is 6.54 Å². The van der Waals surface area contributed by atoms with E-state index in [1.165, 1.54) is 0 Å². The fourth-order valence-corrected chi connectivity index (χ4v) is 2.15. The molecule has 132 valence electrons. The third kappa shape index (κ3) is 6.15. The molecule has 2 aromatic carbocycles. The summed E-state index contributed by atoms with van der Waals surface area (Å²) in [6, 6.07) is 9.64. The van der Waals surface area contributed by atoms with Crippen LogP contribution in [-0.2, 0) is 16.1 Å². The molecule has 0 aliphatic carbocycles. The highest BCUT2D eigenvalue weighted by Gasteiger charge is 2.12. The Hall–Kier alpha value is -2.47. The normalized spacial score (nSPS) is 10.4. The second-order valence-electron chi connectivity index (χ2n) is 5.27. The number of rotatable bonds is 7. The molecule has 0 unspecified atom stereocenters. The van der Waals surface area contributed by atoms with Gasteiger partial charge >= 0.3 is 5.97 Å². The summed E-state index contributed by atoms with van der Waals surface area (Å²) in [5.74, 6) is -2.75. The highest BCUT2D eigenvalue weighted by atomic mass is 35.5. The molecular formula is C18H16ClF2NO3. The molecular weight excluding hydrogens is 352 g/mol. The number of nitrogens with one attached hydrogen (secondary N) is 1. The SMILES string of the molecule is O=C(CCCNC(=O)c1ccc(F)cc1F)OCc1ccc(Cl)cc1. The fourth-order valence-electron chi connectivity index (χ4n) is 2.02. The molecule has 0 spiro atoms. The van der Waals surface area contributed by atoms with Crippen LogP contribution in [0.25, 0.3) is 0 Å². The summed E-state index contributed by atoms with van der Waals surface area (Å²) >= 11 is 5.76. The number of hydrogen-bond donors (Lipinski definition) is 1. The molecule has 0 aromatic heterocycles.